The number of hydrogen-bond acceptors (Lipinski definition) is 3. The van der Waals surface area contributed by atoms with Gasteiger partial charge in [0.2, 0.25) is 5.91 Å². The maximum atomic E-state index is 12.4. The number of hydrogen-bond donors (Lipinski definition) is 1. The van der Waals surface area contributed by atoms with Crippen LogP contribution < -0.4 is 10.2 Å². The van der Waals surface area contributed by atoms with Gasteiger partial charge in [-0.25, -0.2) is 0 Å². The number of fused-ring (bicyclic) bond motifs is 2. The fourth-order valence-electron chi connectivity index (χ4n) is 3.10. The molecule has 0 radical (unpaired) electrons. The average Bonchev–Trinajstić information content (AvgIpc) is 2.67. The van der Waals surface area contributed by atoms with Crippen LogP contribution in [0.25, 0.3) is 12.2 Å². The van der Waals surface area contributed by atoms with Crippen molar-refractivity contribution in [3.05, 3.63) is 64.7 Å². The zero-order valence-electron chi connectivity index (χ0n) is 16.4. The molecule has 1 aliphatic rings. The first-order valence-corrected chi connectivity index (χ1v) is 9.36. The van der Waals surface area contributed by atoms with Gasteiger partial charge in [0, 0.05) is 18.4 Å². The van der Waals surface area contributed by atoms with Crippen LogP contribution in [0.1, 0.15) is 47.8 Å². The molecule has 2 amide bonds. The van der Waals surface area contributed by atoms with Gasteiger partial charge in [0.05, 0.1) is 18.8 Å². The summed E-state index contributed by atoms with van der Waals surface area (Å²) < 4.78 is 0. The normalized spacial score (nSPS) is 12.6. The highest BCUT2D eigenvalue weighted by molar-refractivity contribution is 5.99. The van der Waals surface area contributed by atoms with E-state index in [0.717, 1.165) is 22.4 Å². The molecule has 2 aromatic carbocycles. The van der Waals surface area contributed by atoms with Crippen LogP contribution in [0, 0.1) is 5.92 Å². The Kier molecular flexibility index (Phi) is 5.73. The van der Waals surface area contributed by atoms with Gasteiger partial charge in [-0.05, 0) is 34.9 Å². The lowest BCUT2D eigenvalue weighted by atomic mass is 9.98. The number of nitrogens with one attached hydrogen (secondary N) is 1. The van der Waals surface area contributed by atoms with Gasteiger partial charge in [-0.2, -0.15) is 0 Å². The van der Waals surface area contributed by atoms with Gasteiger partial charge in [0.15, 0.2) is 5.78 Å². The van der Waals surface area contributed by atoms with Crippen molar-refractivity contribution < 1.29 is 14.4 Å². The molecule has 0 atom stereocenters. The van der Waals surface area contributed by atoms with E-state index in [1.165, 1.54) is 0 Å². The van der Waals surface area contributed by atoms with Crippen molar-refractivity contribution in [3.63, 3.8) is 0 Å². The third kappa shape index (κ3) is 4.19. The number of anilines is 1. The first-order chi connectivity index (χ1) is 13.4. The fourth-order valence-corrected chi connectivity index (χ4v) is 3.10. The second-order valence-electron chi connectivity index (χ2n) is 7.21. The first kappa shape index (κ1) is 19.5. The minimum absolute atomic E-state index is 0.00630. The van der Waals surface area contributed by atoms with E-state index in [4.69, 9.17) is 0 Å². The van der Waals surface area contributed by atoms with E-state index in [-0.39, 0.29) is 30.1 Å². The molecular formula is C23H24N2O3. The molecule has 0 spiro atoms. The van der Waals surface area contributed by atoms with Crippen LogP contribution in [0.15, 0.2) is 42.5 Å². The number of rotatable bonds is 4. The van der Waals surface area contributed by atoms with Crippen LogP contribution in [0.2, 0.25) is 0 Å². The number of benzene rings is 2. The third-order valence-electron chi connectivity index (χ3n) is 4.85. The van der Waals surface area contributed by atoms with E-state index in [1.807, 2.05) is 56.3 Å². The molecule has 28 heavy (non-hydrogen) atoms. The fraction of sp³-hybridized carbons (Fsp3) is 0.261. The number of amides is 2. The molecule has 0 fully saturated rings. The Balaban J connectivity index is 1.91. The summed E-state index contributed by atoms with van der Waals surface area (Å²) in [6.45, 7) is 5.62. The Labute approximate surface area is 165 Å². The van der Waals surface area contributed by atoms with Crippen LogP contribution in [0.5, 0.6) is 0 Å². The van der Waals surface area contributed by atoms with Crippen LogP contribution >= 0.6 is 0 Å². The molecule has 3 rings (SSSR count). The zero-order valence-corrected chi connectivity index (χ0v) is 16.4. The lowest BCUT2D eigenvalue weighted by molar-refractivity contribution is -0.121. The van der Waals surface area contributed by atoms with Crippen molar-refractivity contribution in [2.75, 3.05) is 11.4 Å². The molecule has 1 N–H and O–H groups in total. The summed E-state index contributed by atoms with van der Waals surface area (Å²) in [7, 11) is 0. The summed E-state index contributed by atoms with van der Waals surface area (Å²) in [6, 6.07) is 13.1. The van der Waals surface area contributed by atoms with Crippen molar-refractivity contribution in [3.8, 4) is 0 Å². The minimum Gasteiger partial charge on any atom is -0.345 e. The van der Waals surface area contributed by atoms with Crippen LogP contribution in [0.3, 0.4) is 0 Å². The molecule has 1 aliphatic heterocycles. The second kappa shape index (κ2) is 8.21. The highest BCUT2D eigenvalue weighted by Gasteiger charge is 2.19. The van der Waals surface area contributed by atoms with Gasteiger partial charge in [0.1, 0.15) is 0 Å². The van der Waals surface area contributed by atoms with Gasteiger partial charge in [0.25, 0.3) is 5.91 Å². The second-order valence-corrected chi connectivity index (χ2v) is 7.21. The molecule has 5 heteroatoms. The molecule has 5 nitrogen and oxygen atoms in total. The quantitative estimate of drug-likeness (QED) is 0.885. The predicted molar refractivity (Wildman–Crippen MR) is 111 cm³/mol. The highest BCUT2D eigenvalue weighted by atomic mass is 16.2. The minimum atomic E-state index is -0.281. The molecule has 2 aromatic rings. The van der Waals surface area contributed by atoms with Crippen molar-refractivity contribution in [1.29, 1.82) is 0 Å². The number of ketones is 1. The van der Waals surface area contributed by atoms with E-state index in [0.29, 0.717) is 12.1 Å². The van der Waals surface area contributed by atoms with Crippen molar-refractivity contribution in [1.82, 2.24) is 5.32 Å². The van der Waals surface area contributed by atoms with Crippen LogP contribution in [-0.2, 0) is 16.1 Å². The van der Waals surface area contributed by atoms with Gasteiger partial charge in [-0.15, -0.1) is 0 Å². The Morgan fingerprint density at radius 2 is 1.75 bits per heavy atom. The Bertz CT molecular complexity index is 960. The van der Waals surface area contributed by atoms with Crippen molar-refractivity contribution >= 4 is 35.4 Å². The van der Waals surface area contributed by atoms with Crippen LogP contribution in [0.4, 0.5) is 5.69 Å². The predicted octanol–water partition coefficient (Wildman–Crippen LogP) is 3.68. The summed E-state index contributed by atoms with van der Waals surface area (Å²) in [5.74, 6) is -0.441. The summed E-state index contributed by atoms with van der Waals surface area (Å²) in [5.41, 5.74) is 4.13. The lowest BCUT2D eigenvalue weighted by Crippen LogP contribution is -2.32. The van der Waals surface area contributed by atoms with Gasteiger partial charge in [-0.3, -0.25) is 14.4 Å². The maximum Gasteiger partial charge on any atom is 0.251 e. The van der Waals surface area contributed by atoms with E-state index < -0.39 is 0 Å². The molecule has 0 aromatic heterocycles. The standard InChI is InChI=1S/C23H24N2O3/c1-15(2)22(27)13-24-23(28)19-10-11-20-14-25(16(3)26)21-7-5-4-6-17(21)8-9-18(20)12-19/h4-12,15H,13-14H2,1-3H3,(H,24,28). The lowest BCUT2D eigenvalue weighted by Gasteiger charge is -2.26. The van der Waals surface area contributed by atoms with Crippen molar-refractivity contribution in [2.45, 2.75) is 27.3 Å². The van der Waals surface area contributed by atoms with Crippen LogP contribution in [-0.4, -0.2) is 24.1 Å². The third-order valence-corrected chi connectivity index (χ3v) is 4.85. The zero-order chi connectivity index (χ0) is 20.3. The maximum absolute atomic E-state index is 12.4. The summed E-state index contributed by atoms with van der Waals surface area (Å²) in [6.07, 6.45) is 3.91. The van der Waals surface area contributed by atoms with Gasteiger partial charge < -0.3 is 10.2 Å². The topological polar surface area (TPSA) is 66.5 Å². The van der Waals surface area contributed by atoms with Crippen molar-refractivity contribution in [2.24, 2.45) is 5.92 Å². The Morgan fingerprint density at radius 1 is 1.04 bits per heavy atom. The highest BCUT2D eigenvalue weighted by Crippen LogP contribution is 2.29. The first-order valence-electron chi connectivity index (χ1n) is 9.36. The molecule has 0 saturated carbocycles. The van der Waals surface area contributed by atoms with Gasteiger partial charge >= 0.3 is 0 Å². The summed E-state index contributed by atoms with van der Waals surface area (Å²) in [4.78, 5) is 38.1. The Morgan fingerprint density at radius 3 is 2.46 bits per heavy atom. The molecule has 0 bridgehead atoms. The molecule has 0 unspecified atom stereocenters. The number of carbonyl (C=O) groups is 3. The number of Topliss-reactive ketones (excluding diaryl/α,β-unsaturated/α-hetero) is 1. The van der Waals surface area contributed by atoms with E-state index in [9.17, 15) is 14.4 Å². The molecule has 144 valence electrons. The monoisotopic (exact) mass is 376 g/mol. The molecule has 0 aliphatic carbocycles. The number of nitrogens with zero attached hydrogens (tertiary/aromatic N) is 1. The summed E-state index contributed by atoms with van der Waals surface area (Å²) >= 11 is 0. The largest absolute Gasteiger partial charge is 0.345 e. The number of para-hydroxylation sites is 1. The molecule has 0 saturated heterocycles. The van der Waals surface area contributed by atoms with E-state index in [2.05, 4.69) is 5.32 Å². The Hall–Kier alpha value is -3.21. The van der Waals surface area contributed by atoms with E-state index >= 15 is 0 Å². The number of carbonyl (C=O) groups excluding carboxylic acids is 3. The average molecular weight is 376 g/mol. The molecule has 1 heterocycles. The molecular weight excluding hydrogens is 352 g/mol. The van der Waals surface area contributed by atoms with Gasteiger partial charge in [-0.1, -0.05) is 50.3 Å². The van der Waals surface area contributed by atoms with E-state index in [1.54, 1.807) is 24.0 Å². The SMILES string of the molecule is CC(=O)N1Cc2ccc(C(=O)NCC(=O)C(C)C)cc2C=Cc2ccccc21. The smallest absolute Gasteiger partial charge is 0.251 e. The summed E-state index contributed by atoms with van der Waals surface area (Å²) in [5, 5.41) is 2.68.